The Morgan fingerprint density at radius 2 is 1.88 bits per heavy atom. The molecular weight excluding hydrogens is 314 g/mol. The molecule has 25 heavy (non-hydrogen) atoms. The van der Waals surface area contributed by atoms with Crippen molar-refractivity contribution in [2.75, 3.05) is 6.54 Å². The van der Waals surface area contributed by atoms with Crippen LogP contribution < -0.4 is 10.9 Å². The van der Waals surface area contributed by atoms with Gasteiger partial charge >= 0.3 is 5.63 Å². The maximum absolute atomic E-state index is 11.8. The molecule has 4 nitrogen and oxygen atoms in total. The SMILES string of the molecule is CCc1cc2c(CNC[C@@H](C)c3ccccc3)cc(=O)oc2cc1O. The summed E-state index contributed by atoms with van der Waals surface area (Å²) in [6.45, 7) is 5.55. The zero-order valence-corrected chi connectivity index (χ0v) is 14.6. The average molecular weight is 337 g/mol. The summed E-state index contributed by atoms with van der Waals surface area (Å²) in [5.41, 5.74) is 3.05. The Bertz CT molecular complexity index is 916. The second kappa shape index (κ2) is 7.53. The molecule has 130 valence electrons. The first kappa shape index (κ1) is 17.2. The Morgan fingerprint density at radius 1 is 1.12 bits per heavy atom. The van der Waals surface area contributed by atoms with Crippen molar-refractivity contribution >= 4 is 11.0 Å². The first-order valence-electron chi connectivity index (χ1n) is 8.62. The molecule has 3 aromatic rings. The van der Waals surface area contributed by atoms with E-state index in [0.717, 1.165) is 29.5 Å². The van der Waals surface area contributed by atoms with E-state index in [2.05, 4.69) is 24.4 Å². The Balaban J connectivity index is 1.80. The van der Waals surface area contributed by atoms with E-state index < -0.39 is 5.63 Å². The minimum absolute atomic E-state index is 0.168. The molecule has 4 heteroatoms. The van der Waals surface area contributed by atoms with E-state index in [9.17, 15) is 9.90 Å². The van der Waals surface area contributed by atoms with Gasteiger partial charge in [0.25, 0.3) is 0 Å². The first-order valence-corrected chi connectivity index (χ1v) is 8.62. The fraction of sp³-hybridized carbons (Fsp3) is 0.286. The molecule has 0 radical (unpaired) electrons. The number of hydrogen-bond acceptors (Lipinski definition) is 4. The Labute approximate surface area is 147 Å². The summed E-state index contributed by atoms with van der Waals surface area (Å²) in [6.07, 6.45) is 0.721. The molecule has 0 fully saturated rings. The molecule has 0 amide bonds. The van der Waals surface area contributed by atoms with Crippen LogP contribution in [-0.4, -0.2) is 11.7 Å². The zero-order valence-electron chi connectivity index (χ0n) is 14.6. The largest absolute Gasteiger partial charge is 0.508 e. The van der Waals surface area contributed by atoms with Gasteiger partial charge in [0, 0.05) is 30.6 Å². The van der Waals surface area contributed by atoms with Crippen molar-refractivity contribution in [2.24, 2.45) is 0 Å². The Morgan fingerprint density at radius 3 is 2.60 bits per heavy atom. The minimum Gasteiger partial charge on any atom is -0.508 e. The first-order chi connectivity index (χ1) is 12.1. The number of aryl methyl sites for hydroxylation is 1. The lowest BCUT2D eigenvalue weighted by Gasteiger charge is -2.14. The Hall–Kier alpha value is -2.59. The van der Waals surface area contributed by atoms with E-state index in [4.69, 9.17) is 4.42 Å². The summed E-state index contributed by atoms with van der Waals surface area (Å²) < 4.78 is 5.24. The summed E-state index contributed by atoms with van der Waals surface area (Å²) in [5, 5.41) is 14.3. The van der Waals surface area contributed by atoms with Gasteiger partial charge in [-0.3, -0.25) is 0 Å². The van der Waals surface area contributed by atoms with Crippen LogP contribution in [0, 0.1) is 0 Å². The molecular formula is C21H23NO3. The standard InChI is InChI=1S/C21H23NO3/c1-3-15-9-18-17(10-21(24)25-20(18)11-19(15)23)13-22-12-14(2)16-7-5-4-6-8-16/h4-11,14,22-23H,3,12-13H2,1-2H3/t14-/m1/s1. The molecule has 0 aliphatic heterocycles. The van der Waals surface area contributed by atoms with Crippen molar-refractivity contribution in [1.29, 1.82) is 0 Å². The van der Waals surface area contributed by atoms with Gasteiger partial charge in [-0.1, -0.05) is 44.2 Å². The molecule has 0 saturated carbocycles. The zero-order chi connectivity index (χ0) is 17.8. The van der Waals surface area contributed by atoms with E-state index >= 15 is 0 Å². The van der Waals surface area contributed by atoms with Crippen molar-refractivity contribution in [3.8, 4) is 5.75 Å². The van der Waals surface area contributed by atoms with Crippen molar-refractivity contribution in [3.05, 3.63) is 75.6 Å². The highest BCUT2D eigenvalue weighted by atomic mass is 16.4. The van der Waals surface area contributed by atoms with Gasteiger partial charge in [0.2, 0.25) is 0 Å². The van der Waals surface area contributed by atoms with Crippen LogP contribution in [-0.2, 0) is 13.0 Å². The number of nitrogens with one attached hydrogen (secondary N) is 1. The molecule has 1 atom stereocenters. The summed E-state index contributed by atoms with van der Waals surface area (Å²) in [6, 6.07) is 15.3. The van der Waals surface area contributed by atoms with Crippen LogP contribution in [0.2, 0.25) is 0 Å². The number of aromatic hydroxyl groups is 1. The lowest BCUT2D eigenvalue weighted by atomic mass is 10.0. The van der Waals surface area contributed by atoms with Crippen LogP contribution in [0.4, 0.5) is 0 Å². The molecule has 2 aromatic carbocycles. The molecule has 2 N–H and O–H groups in total. The second-order valence-electron chi connectivity index (χ2n) is 6.36. The third kappa shape index (κ3) is 3.91. The van der Waals surface area contributed by atoms with E-state index in [1.807, 2.05) is 31.2 Å². The van der Waals surface area contributed by atoms with Crippen molar-refractivity contribution < 1.29 is 9.52 Å². The van der Waals surface area contributed by atoms with Gasteiger partial charge in [-0.15, -0.1) is 0 Å². The molecule has 0 aliphatic rings. The minimum atomic E-state index is -0.399. The maximum atomic E-state index is 11.8. The lowest BCUT2D eigenvalue weighted by Crippen LogP contribution is -2.20. The number of benzene rings is 2. The van der Waals surface area contributed by atoms with E-state index in [0.29, 0.717) is 18.0 Å². The van der Waals surface area contributed by atoms with Gasteiger partial charge in [-0.05, 0) is 35.1 Å². The van der Waals surface area contributed by atoms with E-state index in [-0.39, 0.29) is 5.75 Å². The van der Waals surface area contributed by atoms with Gasteiger partial charge in [-0.25, -0.2) is 4.79 Å². The monoisotopic (exact) mass is 337 g/mol. The smallest absolute Gasteiger partial charge is 0.336 e. The van der Waals surface area contributed by atoms with Crippen LogP contribution in [0.5, 0.6) is 5.75 Å². The van der Waals surface area contributed by atoms with Crippen LogP contribution in [0.25, 0.3) is 11.0 Å². The van der Waals surface area contributed by atoms with Gasteiger partial charge in [0.05, 0.1) is 0 Å². The van der Waals surface area contributed by atoms with Gasteiger partial charge in [0.1, 0.15) is 11.3 Å². The predicted octanol–water partition coefficient (Wildman–Crippen LogP) is 3.95. The van der Waals surface area contributed by atoms with Crippen molar-refractivity contribution in [1.82, 2.24) is 5.32 Å². The van der Waals surface area contributed by atoms with Crippen LogP contribution >= 0.6 is 0 Å². The predicted molar refractivity (Wildman–Crippen MR) is 100 cm³/mol. The third-order valence-corrected chi connectivity index (χ3v) is 4.54. The summed E-state index contributed by atoms with van der Waals surface area (Å²) in [7, 11) is 0. The van der Waals surface area contributed by atoms with Crippen molar-refractivity contribution in [2.45, 2.75) is 32.7 Å². The molecule has 0 unspecified atom stereocenters. The molecule has 0 saturated heterocycles. The van der Waals surface area contributed by atoms with Crippen molar-refractivity contribution in [3.63, 3.8) is 0 Å². The van der Waals surface area contributed by atoms with E-state index in [1.54, 1.807) is 0 Å². The third-order valence-electron chi connectivity index (χ3n) is 4.54. The van der Waals surface area contributed by atoms with E-state index in [1.165, 1.54) is 17.7 Å². The van der Waals surface area contributed by atoms with Gasteiger partial charge < -0.3 is 14.8 Å². The number of hydrogen-bond donors (Lipinski definition) is 2. The van der Waals surface area contributed by atoms with Gasteiger partial charge in [-0.2, -0.15) is 0 Å². The highest BCUT2D eigenvalue weighted by Crippen LogP contribution is 2.27. The highest BCUT2D eigenvalue weighted by molar-refractivity contribution is 5.82. The summed E-state index contributed by atoms with van der Waals surface area (Å²) in [5.74, 6) is 0.545. The molecule has 1 heterocycles. The fourth-order valence-electron chi connectivity index (χ4n) is 3.06. The fourth-order valence-corrected chi connectivity index (χ4v) is 3.06. The molecule has 3 rings (SSSR count). The molecule has 0 aliphatic carbocycles. The quantitative estimate of drug-likeness (QED) is 0.669. The summed E-state index contributed by atoms with van der Waals surface area (Å²) >= 11 is 0. The van der Waals surface area contributed by atoms with Crippen LogP contribution in [0.3, 0.4) is 0 Å². The molecule has 0 spiro atoms. The molecule has 0 bridgehead atoms. The highest BCUT2D eigenvalue weighted by Gasteiger charge is 2.11. The van der Waals surface area contributed by atoms with Crippen LogP contribution in [0.15, 0.2) is 57.7 Å². The number of phenolic OH excluding ortho intramolecular Hbond substituents is 1. The van der Waals surface area contributed by atoms with Crippen LogP contribution in [0.1, 0.15) is 36.5 Å². The number of fused-ring (bicyclic) bond motifs is 1. The molecule has 1 aromatic heterocycles. The summed E-state index contributed by atoms with van der Waals surface area (Å²) in [4.78, 5) is 11.8. The topological polar surface area (TPSA) is 62.5 Å². The average Bonchev–Trinajstić information content (AvgIpc) is 2.61. The Kier molecular flexibility index (Phi) is 5.19. The number of rotatable bonds is 6. The maximum Gasteiger partial charge on any atom is 0.336 e. The second-order valence-corrected chi connectivity index (χ2v) is 6.36. The normalized spacial score (nSPS) is 12.4. The van der Waals surface area contributed by atoms with Gasteiger partial charge in [0.15, 0.2) is 0 Å². The lowest BCUT2D eigenvalue weighted by molar-refractivity contribution is 0.466. The number of phenols is 1.